The molecule has 1 amide bonds. The second-order valence-electron chi connectivity index (χ2n) is 6.09. The first-order valence-electron chi connectivity index (χ1n) is 7.00. The second-order valence-corrected chi connectivity index (χ2v) is 6.09. The first-order valence-corrected chi connectivity index (χ1v) is 7.00. The minimum atomic E-state index is -0.667. The summed E-state index contributed by atoms with van der Waals surface area (Å²) in [5.41, 5.74) is 0.299. The van der Waals surface area contributed by atoms with Crippen molar-refractivity contribution < 1.29 is 14.0 Å². The fraction of sp³-hybridized carbons (Fsp3) is 0.222. The van der Waals surface area contributed by atoms with Crippen molar-refractivity contribution in [1.29, 1.82) is 0 Å². The number of Topliss-reactive ketones (excluding diaryl/α,β-unsaturated/α-hetero) is 1. The maximum atomic E-state index is 13.5. The molecule has 4 heteroatoms. The zero-order chi connectivity index (χ0) is 16.3. The van der Waals surface area contributed by atoms with Gasteiger partial charge in [0, 0.05) is 16.5 Å². The quantitative estimate of drug-likeness (QED) is 0.859. The van der Waals surface area contributed by atoms with Crippen LogP contribution in [0.5, 0.6) is 0 Å². The van der Waals surface area contributed by atoms with Gasteiger partial charge < -0.3 is 5.32 Å². The maximum Gasteiger partial charge on any atom is 0.255 e. The third kappa shape index (κ3) is 3.58. The molecule has 0 saturated carbocycles. The van der Waals surface area contributed by atoms with Gasteiger partial charge in [-0.25, -0.2) is 4.39 Å². The molecule has 0 bridgehead atoms. The van der Waals surface area contributed by atoms with Gasteiger partial charge in [0.2, 0.25) is 0 Å². The summed E-state index contributed by atoms with van der Waals surface area (Å²) in [5.74, 6) is -1.07. The van der Waals surface area contributed by atoms with Crippen LogP contribution in [0.15, 0.2) is 48.5 Å². The highest BCUT2D eigenvalue weighted by Gasteiger charge is 2.26. The fourth-order valence-electron chi connectivity index (χ4n) is 2.00. The molecule has 0 aromatic heterocycles. The van der Waals surface area contributed by atoms with Crippen molar-refractivity contribution in [2.75, 3.05) is 5.32 Å². The zero-order valence-corrected chi connectivity index (χ0v) is 12.8. The lowest BCUT2D eigenvalue weighted by atomic mass is 9.86. The molecule has 0 heterocycles. The number of rotatable bonds is 3. The topological polar surface area (TPSA) is 46.2 Å². The Morgan fingerprint density at radius 1 is 1.00 bits per heavy atom. The van der Waals surface area contributed by atoms with Crippen LogP contribution in [0, 0.1) is 11.2 Å². The van der Waals surface area contributed by atoms with Crippen LogP contribution < -0.4 is 5.32 Å². The van der Waals surface area contributed by atoms with E-state index in [4.69, 9.17) is 0 Å². The van der Waals surface area contributed by atoms with E-state index in [0.717, 1.165) is 6.07 Å². The highest BCUT2D eigenvalue weighted by molar-refractivity contribution is 6.10. The number of amides is 1. The van der Waals surface area contributed by atoms with Crippen LogP contribution in [-0.4, -0.2) is 11.7 Å². The van der Waals surface area contributed by atoms with E-state index in [1.807, 2.05) is 6.07 Å². The van der Waals surface area contributed by atoms with Crippen molar-refractivity contribution in [3.8, 4) is 0 Å². The molecule has 0 aliphatic heterocycles. The van der Waals surface area contributed by atoms with Crippen LogP contribution in [0.1, 0.15) is 41.5 Å². The first-order chi connectivity index (χ1) is 10.3. The van der Waals surface area contributed by atoms with E-state index in [1.165, 1.54) is 12.1 Å². The van der Waals surface area contributed by atoms with Crippen LogP contribution in [0.4, 0.5) is 10.1 Å². The summed E-state index contributed by atoms with van der Waals surface area (Å²) in [6, 6.07) is 12.4. The predicted octanol–water partition coefficient (Wildman–Crippen LogP) is 4.31. The van der Waals surface area contributed by atoms with Crippen LogP contribution >= 0.6 is 0 Å². The van der Waals surface area contributed by atoms with Gasteiger partial charge in [-0.3, -0.25) is 9.59 Å². The average Bonchev–Trinajstić information content (AvgIpc) is 2.48. The van der Waals surface area contributed by atoms with E-state index in [2.05, 4.69) is 5.32 Å². The van der Waals surface area contributed by atoms with Gasteiger partial charge in [0.15, 0.2) is 5.78 Å². The second kappa shape index (κ2) is 6.10. The molecular weight excluding hydrogens is 281 g/mol. The van der Waals surface area contributed by atoms with Crippen LogP contribution in [0.2, 0.25) is 0 Å². The predicted molar refractivity (Wildman–Crippen MR) is 84.6 cm³/mol. The Bertz CT molecular complexity index is 703. The lowest BCUT2D eigenvalue weighted by Gasteiger charge is -2.19. The Morgan fingerprint density at radius 2 is 1.64 bits per heavy atom. The minimum Gasteiger partial charge on any atom is -0.321 e. The van der Waals surface area contributed by atoms with Crippen LogP contribution in [-0.2, 0) is 0 Å². The number of ketones is 1. The summed E-state index contributed by atoms with van der Waals surface area (Å²) in [4.78, 5) is 24.6. The van der Waals surface area contributed by atoms with E-state index >= 15 is 0 Å². The number of carbonyl (C=O) groups excluding carboxylic acids is 2. The number of hydrogen-bond acceptors (Lipinski definition) is 2. The number of halogens is 1. The molecule has 0 aliphatic carbocycles. The third-order valence-corrected chi connectivity index (χ3v) is 3.19. The van der Waals surface area contributed by atoms with Gasteiger partial charge in [-0.2, -0.15) is 0 Å². The van der Waals surface area contributed by atoms with Crippen molar-refractivity contribution >= 4 is 17.4 Å². The lowest BCUT2D eigenvalue weighted by molar-refractivity contribution is 0.0859. The Balaban J connectivity index is 2.36. The van der Waals surface area contributed by atoms with Gasteiger partial charge in [0.25, 0.3) is 5.91 Å². The van der Waals surface area contributed by atoms with Gasteiger partial charge in [0.05, 0.1) is 5.69 Å². The fourth-order valence-corrected chi connectivity index (χ4v) is 2.00. The standard InChI is InChI=1S/C18H18FNO2/c1-18(2,3)16(21)14-11-13(19)9-10-15(14)20-17(22)12-7-5-4-6-8-12/h4-11H,1-3H3,(H,20,22). The van der Waals surface area contributed by atoms with Crippen molar-refractivity contribution in [2.45, 2.75) is 20.8 Å². The molecule has 0 saturated heterocycles. The molecule has 114 valence electrons. The lowest BCUT2D eigenvalue weighted by Crippen LogP contribution is -2.23. The molecule has 1 N–H and O–H groups in total. The molecule has 2 rings (SSSR count). The summed E-state index contributed by atoms with van der Waals surface area (Å²) in [6.07, 6.45) is 0. The van der Waals surface area contributed by atoms with Crippen molar-refractivity contribution in [3.05, 3.63) is 65.5 Å². The Hall–Kier alpha value is -2.49. The van der Waals surface area contributed by atoms with Crippen LogP contribution in [0.25, 0.3) is 0 Å². The number of nitrogens with one attached hydrogen (secondary N) is 1. The number of benzene rings is 2. The maximum absolute atomic E-state index is 13.5. The summed E-state index contributed by atoms with van der Waals surface area (Å²) >= 11 is 0. The van der Waals surface area contributed by atoms with E-state index in [1.54, 1.807) is 45.0 Å². The molecule has 0 atom stereocenters. The van der Waals surface area contributed by atoms with Gasteiger partial charge in [0.1, 0.15) is 5.82 Å². The van der Waals surface area contributed by atoms with E-state index in [-0.39, 0.29) is 17.3 Å². The van der Waals surface area contributed by atoms with Gasteiger partial charge in [-0.1, -0.05) is 39.0 Å². The van der Waals surface area contributed by atoms with E-state index in [9.17, 15) is 14.0 Å². The molecule has 0 unspecified atom stereocenters. The highest BCUT2D eigenvalue weighted by Crippen LogP contribution is 2.27. The summed E-state index contributed by atoms with van der Waals surface area (Å²) in [7, 11) is 0. The normalized spacial score (nSPS) is 11.1. The molecule has 22 heavy (non-hydrogen) atoms. The van der Waals surface area contributed by atoms with Crippen molar-refractivity contribution in [1.82, 2.24) is 0 Å². The number of anilines is 1. The summed E-state index contributed by atoms with van der Waals surface area (Å²) in [6.45, 7) is 5.26. The monoisotopic (exact) mass is 299 g/mol. The Labute approximate surface area is 129 Å². The molecule has 0 aliphatic rings. The molecule has 2 aromatic carbocycles. The molecule has 2 aromatic rings. The minimum absolute atomic E-state index is 0.178. The number of carbonyl (C=O) groups is 2. The molecule has 3 nitrogen and oxygen atoms in total. The Morgan fingerprint density at radius 3 is 2.23 bits per heavy atom. The van der Waals surface area contributed by atoms with Gasteiger partial charge in [-0.15, -0.1) is 0 Å². The molecule has 0 radical (unpaired) electrons. The Kier molecular flexibility index (Phi) is 4.40. The summed E-state index contributed by atoms with van der Waals surface area (Å²) < 4.78 is 13.5. The first kappa shape index (κ1) is 15.9. The van der Waals surface area contributed by atoms with Crippen LogP contribution in [0.3, 0.4) is 0 Å². The van der Waals surface area contributed by atoms with Crippen molar-refractivity contribution in [3.63, 3.8) is 0 Å². The van der Waals surface area contributed by atoms with Crippen molar-refractivity contribution in [2.24, 2.45) is 5.41 Å². The third-order valence-electron chi connectivity index (χ3n) is 3.19. The van der Waals surface area contributed by atoms with E-state index < -0.39 is 11.2 Å². The van der Waals surface area contributed by atoms with Gasteiger partial charge in [-0.05, 0) is 30.3 Å². The average molecular weight is 299 g/mol. The smallest absolute Gasteiger partial charge is 0.255 e. The number of hydrogen-bond donors (Lipinski definition) is 1. The largest absolute Gasteiger partial charge is 0.321 e. The zero-order valence-electron chi connectivity index (χ0n) is 12.8. The molecule has 0 fully saturated rings. The molecule has 0 spiro atoms. The molecular formula is C18H18FNO2. The van der Waals surface area contributed by atoms with E-state index in [0.29, 0.717) is 11.3 Å². The SMILES string of the molecule is CC(C)(C)C(=O)c1cc(F)ccc1NC(=O)c1ccccc1. The summed E-state index contributed by atoms with van der Waals surface area (Å²) in [5, 5.41) is 2.68. The highest BCUT2D eigenvalue weighted by atomic mass is 19.1. The van der Waals surface area contributed by atoms with Gasteiger partial charge >= 0.3 is 0 Å².